The molecule has 1 fully saturated rings. The summed E-state index contributed by atoms with van der Waals surface area (Å²) in [6.07, 6.45) is 1.38. The van der Waals surface area contributed by atoms with E-state index in [9.17, 15) is 14.4 Å². The lowest BCUT2D eigenvalue weighted by atomic mass is 10.1. The van der Waals surface area contributed by atoms with Crippen molar-refractivity contribution in [1.29, 1.82) is 0 Å². The Balaban J connectivity index is 1.63. The van der Waals surface area contributed by atoms with Gasteiger partial charge in [-0.1, -0.05) is 29.8 Å². The van der Waals surface area contributed by atoms with Crippen molar-refractivity contribution < 1.29 is 14.4 Å². The number of hydrogen-bond donors (Lipinski definition) is 2. The third-order valence-electron chi connectivity index (χ3n) is 4.81. The molecule has 1 saturated heterocycles. The average Bonchev–Trinajstić information content (AvgIpc) is 3.00. The van der Waals surface area contributed by atoms with E-state index in [0.717, 1.165) is 5.56 Å². The molecule has 6 heteroatoms. The molecular formula is C21H31N3O3. The molecule has 2 N–H and O–H groups in total. The van der Waals surface area contributed by atoms with Crippen molar-refractivity contribution >= 4 is 17.7 Å². The number of nitrogens with one attached hydrogen (secondary N) is 2. The highest BCUT2D eigenvalue weighted by atomic mass is 16.2. The van der Waals surface area contributed by atoms with Gasteiger partial charge >= 0.3 is 0 Å². The van der Waals surface area contributed by atoms with Crippen LogP contribution >= 0.6 is 0 Å². The van der Waals surface area contributed by atoms with Crippen LogP contribution in [0.15, 0.2) is 24.3 Å². The van der Waals surface area contributed by atoms with Gasteiger partial charge in [0.2, 0.25) is 17.7 Å². The average molecular weight is 373 g/mol. The topological polar surface area (TPSA) is 78.5 Å². The summed E-state index contributed by atoms with van der Waals surface area (Å²) in [6, 6.07) is 8.15. The second-order valence-corrected chi connectivity index (χ2v) is 8.20. The molecule has 0 saturated carbocycles. The molecule has 1 heterocycles. The van der Waals surface area contributed by atoms with Gasteiger partial charge in [-0.2, -0.15) is 0 Å². The highest BCUT2D eigenvalue weighted by Gasteiger charge is 2.39. The minimum Gasteiger partial charge on any atom is -0.354 e. The summed E-state index contributed by atoms with van der Waals surface area (Å²) in [6.45, 7) is 9.16. The van der Waals surface area contributed by atoms with Gasteiger partial charge < -0.3 is 15.5 Å². The molecule has 0 bridgehead atoms. The first-order valence-corrected chi connectivity index (χ1v) is 9.57. The van der Waals surface area contributed by atoms with Crippen LogP contribution in [0.3, 0.4) is 0 Å². The fraction of sp³-hybridized carbons (Fsp3) is 0.571. The normalized spacial score (nSPS) is 17.1. The number of rotatable bonds is 7. The number of hydrogen-bond acceptors (Lipinski definition) is 3. The van der Waals surface area contributed by atoms with Crippen molar-refractivity contribution in [2.24, 2.45) is 5.92 Å². The first-order valence-electron chi connectivity index (χ1n) is 9.57. The van der Waals surface area contributed by atoms with Crippen LogP contribution in [0.4, 0.5) is 0 Å². The Morgan fingerprint density at radius 3 is 2.33 bits per heavy atom. The van der Waals surface area contributed by atoms with E-state index in [4.69, 9.17) is 0 Å². The maximum Gasteiger partial charge on any atom is 0.225 e. The Hall–Kier alpha value is -2.37. The molecule has 1 aliphatic rings. The van der Waals surface area contributed by atoms with E-state index in [-0.39, 0.29) is 35.6 Å². The first kappa shape index (κ1) is 20.9. The summed E-state index contributed by atoms with van der Waals surface area (Å²) in [7, 11) is 0. The van der Waals surface area contributed by atoms with E-state index >= 15 is 0 Å². The van der Waals surface area contributed by atoms with Crippen molar-refractivity contribution in [1.82, 2.24) is 15.5 Å². The lowest BCUT2D eigenvalue weighted by Crippen LogP contribution is -2.43. The van der Waals surface area contributed by atoms with Gasteiger partial charge in [0, 0.05) is 38.0 Å². The van der Waals surface area contributed by atoms with Gasteiger partial charge in [-0.3, -0.25) is 14.4 Å². The predicted octanol–water partition coefficient (Wildman–Crippen LogP) is 1.81. The Labute approximate surface area is 161 Å². The van der Waals surface area contributed by atoms with E-state index in [0.29, 0.717) is 32.5 Å². The Bertz CT molecular complexity index is 677. The van der Waals surface area contributed by atoms with E-state index in [1.54, 1.807) is 4.90 Å². The molecule has 27 heavy (non-hydrogen) atoms. The van der Waals surface area contributed by atoms with E-state index in [1.165, 1.54) is 5.56 Å². The summed E-state index contributed by atoms with van der Waals surface area (Å²) in [5.74, 6) is -0.440. The summed E-state index contributed by atoms with van der Waals surface area (Å²) in [5, 5.41) is 5.64. The zero-order valence-corrected chi connectivity index (χ0v) is 16.8. The number of carbonyl (C=O) groups excluding carboxylic acids is 3. The number of likely N-dealkylation sites (tertiary alicyclic amines) is 1. The molecule has 0 spiro atoms. The van der Waals surface area contributed by atoms with Crippen LogP contribution in [-0.2, 0) is 20.8 Å². The van der Waals surface area contributed by atoms with Gasteiger partial charge in [0.1, 0.15) is 0 Å². The second-order valence-electron chi connectivity index (χ2n) is 8.20. The van der Waals surface area contributed by atoms with Crippen LogP contribution in [0.2, 0.25) is 0 Å². The minimum absolute atomic E-state index is 0.0204. The van der Waals surface area contributed by atoms with Crippen LogP contribution in [-0.4, -0.2) is 47.8 Å². The van der Waals surface area contributed by atoms with E-state index < -0.39 is 0 Å². The molecule has 1 aromatic carbocycles. The summed E-state index contributed by atoms with van der Waals surface area (Å²) in [4.78, 5) is 38.0. The molecular weight excluding hydrogens is 342 g/mol. The lowest BCUT2D eigenvalue weighted by Gasteiger charge is -2.31. The lowest BCUT2D eigenvalue weighted by molar-refractivity contribution is -0.132. The standard InChI is InChI=1S/C21H31N3O3/c1-15-5-7-16(8-6-15)9-10-18(25)22-11-12-23-20(27)17-13-19(26)24(14-17)21(2,3)4/h5-8,17H,9-14H2,1-4H3,(H,22,25)(H,23,27). The van der Waals surface area contributed by atoms with Gasteiger partial charge in [0.05, 0.1) is 5.92 Å². The van der Waals surface area contributed by atoms with Crippen LogP contribution < -0.4 is 10.6 Å². The molecule has 6 nitrogen and oxygen atoms in total. The minimum atomic E-state index is -0.311. The smallest absolute Gasteiger partial charge is 0.225 e. The van der Waals surface area contributed by atoms with Crippen molar-refractivity contribution in [3.8, 4) is 0 Å². The number of carbonyl (C=O) groups is 3. The number of amides is 3. The second kappa shape index (κ2) is 9.02. The van der Waals surface area contributed by atoms with Gasteiger partial charge in [0.25, 0.3) is 0 Å². The SMILES string of the molecule is Cc1ccc(CCC(=O)NCCNC(=O)C2CC(=O)N(C(C)(C)C)C2)cc1. The van der Waals surface area contributed by atoms with Gasteiger partial charge in [0.15, 0.2) is 0 Å². The third-order valence-corrected chi connectivity index (χ3v) is 4.81. The molecule has 1 atom stereocenters. The summed E-state index contributed by atoms with van der Waals surface area (Å²) in [5.41, 5.74) is 2.07. The Morgan fingerprint density at radius 1 is 1.11 bits per heavy atom. The van der Waals surface area contributed by atoms with E-state index in [1.807, 2.05) is 52.0 Å². The van der Waals surface area contributed by atoms with Crippen LogP contribution in [0.25, 0.3) is 0 Å². The molecule has 0 aliphatic carbocycles. The monoisotopic (exact) mass is 373 g/mol. The van der Waals surface area contributed by atoms with Crippen LogP contribution in [0, 0.1) is 12.8 Å². The molecule has 1 aliphatic heterocycles. The molecule has 0 aromatic heterocycles. The predicted molar refractivity (Wildman–Crippen MR) is 105 cm³/mol. The van der Waals surface area contributed by atoms with Crippen molar-refractivity contribution in [2.75, 3.05) is 19.6 Å². The van der Waals surface area contributed by atoms with Crippen molar-refractivity contribution in [3.63, 3.8) is 0 Å². The van der Waals surface area contributed by atoms with Crippen molar-refractivity contribution in [3.05, 3.63) is 35.4 Å². The highest BCUT2D eigenvalue weighted by molar-refractivity contribution is 5.89. The maximum atomic E-state index is 12.2. The Morgan fingerprint density at radius 2 is 1.74 bits per heavy atom. The first-order chi connectivity index (χ1) is 12.7. The van der Waals surface area contributed by atoms with Gasteiger partial charge in [-0.05, 0) is 39.7 Å². The fourth-order valence-electron chi connectivity index (χ4n) is 3.16. The molecule has 3 amide bonds. The van der Waals surface area contributed by atoms with Gasteiger partial charge in [-0.15, -0.1) is 0 Å². The molecule has 1 unspecified atom stereocenters. The van der Waals surface area contributed by atoms with Crippen LogP contribution in [0.5, 0.6) is 0 Å². The number of nitrogens with zero attached hydrogens (tertiary/aromatic N) is 1. The molecule has 0 radical (unpaired) electrons. The fourth-order valence-corrected chi connectivity index (χ4v) is 3.16. The maximum absolute atomic E-state index is 12.2. The Kier molecular flexibility index (Phi) is 6.99. The largest absolute Gasteiger partial charge is 0.354 e. The highest BCUT2D eigenvalue weighted by Crippen LogP contribution is 2.25. The third kappa shape index (κ3) is 6.38. The molecule has 148 valence electrons. The van der Waals surface area contributed by atoms with E-state index in [2.05, 4.69) is 10.6 Å². The zero-order chi connectivity index (χ0) is 20.0. The van der Waals surface area contributed by atoms with Gasteiger partial charge in [-0.25, -0.2) is 0 Å². The van der Waals surface area contributed by atoms with Crippen molar-refractivity contribution in [2.45, 2.75) is 52.5 Å². The zero-order valence-electron chi connectivity index (χ0n) is 16.8. The molecule has 1 aromatic rings. The molecule has 2 rings (SSSR count). The number of benzene rings is 1. The quantitative estimate of drug-likeness (QED) is 0.716. The summed E-state index contributed by atoms with van der Waals surface area (Å²) < 4.78 is 0. The van der Waals surface area contributed by atoms with Crippen LogP contribution in [0.1, 0.15) is 44.7 Å². The number of aryl methyl sites for hydroxylation is 2. The summed E-state index contributed by atoms with van der Waals surface area (Å²) >= 11 is 0.